The van der Waals surface area contributed by atoms with Gasteiger partial charge in [-0.15, -0.1) is 6.58 Å². The summed E-state index contributed by atoms with van der Waals surface area (Å²) in [6.45, 7) is 5.39. The van der Waals surface area contributed by atoms with Crippen LogP contribution in [0.25, 0.3) is 10.9 Å². The van der Waals surface area contributed by atoms with Crippen LogP contribution in [0.5, 0.6) is 0 Å². The topological polar surface area (TPSA) is 100 Å². The zero-order valence-corrected chi connectivity index (χ0v) is 15.3. The third kappa shape index (κ3) is 4.36. The summed E-state index contributed by atoms with van der Waals surface area (Å²) in [7, 11) is 0. The molecule has 1 aromatic heterocycles. The second kappa shape index (κ2) is 8.07. The van der Waals surface area contributed by atoms with E-state index in [2.05, 4.69) is 29.1 Å². The third-order valence-electron chi connectivity index (χ3n) is 4.66. The molecule has 3 amide bonds. The summed E-state index contributed by atoms with van der Waals surface area (Å²) in [6, 6.07) is 4.67. The molecule has 1 aromatic carbocycles. The Labute approximate surface area is 157 Å². The highest BCUT2D eigenvalue weighted by atomic mass is 16.5. The predicted molar refractivity (Wildman–Crippen MR) is 102 cm³/mol. The van der Waals surface area contributed by atoms with Crippen LogP contribution in [0.2, 0.25) is 0 Å². The van der Waals surface area contributed by atoms with Gasteiger partial charge in [0, 0.05) is 23.1 Å². The number of aromatic nitrogens is 1. The van der Waals surface area contributed by atoms with Crippen LogP contribution in [0.15, 0.2) is 30.9 Å². The second-order valence-corrected chi connectivity index (χ2v) is 6.81. The molecular formula is C20H23N3O4. The van der Waals surface area contributed by atoms with Gasteiger partial charge in [0.2, 0.25) is 0 Å². The fourth-order valence-corrected chi connectivity index (χ4v) is 3.30. The Kier molecular flexibility index (Phi) is 5.59. The summed E-state index contributed by atoms with van der Waals surface area (Å²) in [5.41, 5.74) is 3.88. The van der Waals surface area contributed by atoms with E-state index >= 15 is 0 Å². The second-order valence-electron chi connectivity index (χ2n) is 6.81. The lowest BCUT2D eigenvalue weighted by Crippen LogP contribution is -2.41. The Hall–Kier alpha value is -3.09. The number of fused-ring (bicyclic) bond motifs is 3. The molecule has 0 unspecified atom stereocenters. The van der Waals surface area contributed by atoms with Crippen LogP contribution >= 0.6 is 0 Å². The lowest BCUT2D eigenvalue weighted by Gasteiger charge is -2.18. The molecule has 2 aromatic rings. The number of aryl methyl sites for hydroxylation is 1. The lowest BCUT2D eigenvalue weighted by molar-refractivity contribution is -0.123. The van der Waals surface area contributed by atoms with E-state index in [1.807, 2.05) is 6.07 Å². The molecule has 1 aliphatic carbocycles. The minimum atomic E-state index is -0.696. The lowest BCUT2D eigenvalue weighted by atomic mass is 9.87. The highest BCUT2D eigenvalue weighted by Crippen LogP contribution is 2.32. The summed E-state index contributed by atoms with van der Waals surface area (Å²) >= 11 is 0. The minimum absolute atomic E-state index is 0.235. The molecule has 0 radical (unpaired) electrons. The zero-order valence-electron chi connectivity index (χ0n) is 15.3. The molecule has 1 heterocycles. The van der Waals surface area contributed by atoms with Gasteiger partial charge in [-0.25, -0.2) is 9.59 Å². The Morgan fingerprint density at radius 1 is 1.37 bits per heavy atom. The van der Waals surface area contributed by atoms with Crippen molar-refractivity contribution in [1.82, 2.24) is 15.6 Å². The molecule has 1 atom stereocenters. The molecule has 0 bridgehead atoms. The van der Waals surface area contributed by atoms with Gasteiger partial charge >= 0.3 is 12.0 Å². The summed E-state index contributed by atoms with van der Waals surface area (Å²) in [6.07, 6.45) is 4.64. The van der Waals surface area contributed by atoms with Gasteiger partial charge < -0.3 is 15.0 Å². The number of urea groups is 1. The first-order chi connectivity index (χ1) is 13.0. The number of H-pyrrole nitrogens is 1. The predicted octanol–water partition coefficient (Wildman–Crippen LogP) is 2.46. The van der Waals surface area contributed by atoms with Crippen molar-refractivity contribution in [3.8, 4) is 0 Å². The molecule has 0 spiro atoms. The van der Waals surface area contributed by atoms with E-state index in [1.54, 1.807) is 12.1 Å². The number of nitrogens with one attached hydrogen (secondary N) is 3. The summed E-state index contributed by atoms with van der Waals surface area (Å²) in [5, 5.41) is 5.50. The van der Waals surface area contributed by atoms with Crippen LogP contribution in [-0.2, 0) is 22.4 Å². The number of aromatic amines is 1. The highest BCUT2D eigenvalue weighted by Gasteiger charge is 2.21. The van der Waals surface area contributed by atoms with Gasteiger partial charge in [-0.1, -0.05) is 13.0 Å². The first-order valence-electron chi connectivity index (χ1n) is 8.97. The summed E-state index contributed by atoms with van der Waals surface area (Å²) in [5.74, 6) is -0.681. The Balaban J connectivity index is 1.64. The van der Waals surface area contributed by atoms with Crippen molar-refractivity contribution in [1.29, 1.82) is 0 Å². The van der Waals surface area contributed by atoms with Gasteiger partial charge in [0.05, 0.1) is 5.56 Å². The normalized spacial score (nSPS) is 15.7. The standard InChI is InChI=1S/C20H23N3O4/c1-3-8-21-20(26)23-18(24)11-27-19(25)13-5-7-17-15(10-13)14-9-12(2)4-6-16(14)22-17/h3,5,7,10,12,22H,1,4,6,8-9,11H2,2H3,(H2,21,23,24,26)/t12-/m1/s1. The van der Waals surface area contributed by atoms with Crippen LogP contribution in [0, 0.1) is 5.92 Å². The van der Waals surface area contributed by atoms with Gasteiger partial charge in [0.1, 0.15) is 0 Å². The maximum Gasteiger partial charge on any atom is 0.338 e. The van der Waals surface area contributed by atoms with E-state index in [1.165, 1.54) is 17.3 Å². The molecule has 3 N–H and O–H groups in total. The van der Waals surface area contributed by atoms with Crippen LogP contribution in [0.4, 0.5) is 4.79 Å². The fourth-order valence-electron chi connectivity index (χ4n) is 3.30. The number of amides is 3. The minimum Gasteiger partial charge on any atom is -0.452 e. The Morgan fingerprint density at radius 2 is 2.19 bits per heavy atom. The third-order valence-corrected chi connectivity index (χ3v) is 4.66. The monoisotopic (exact) mass is 369 g/mol. The highest BCUT2D eigenvalue weighted by molar-refractivity contribution is 5.99. The van der Waals surface area contributed by atoms with Crippen LogP contribution < -0.4 is 10.6 Å². The quantitative estimate of drug-likeness (QED) is 0.557. The molecular weight excluding hydrogens is 346 g/mol. The molecule has 0 aliphatic heterocycles. The number of carbonyl (C=O) groups excluding carboxylic acids is 3. The molecule has 142 valence electrons. The Morgan fingerprint density at radius 3 is 2.96 bits per heavy atom. The zero-order chi connectivity index (χ0) is 19.4. The number of hydrogen-bond donors (Lipinski definition) is 3. The van der Waals surface area contributed by atoms with Gasteiger partial charge in [0.15, 0.2) is 6.61 Å². The van der Waals surface area contributed by atoms with Crippen LogP contribution in [0.3, 0.4) is 0 Å². The summed E-state index contributed by atoms with van der Waals surface area (Å²) in [4.78, 5) is 38.7. The number of carbonyl (C=O) groups is 3. The van der Waals surface area contributed by atoms with Gasteiger partial charge in [-0.05, 0) is 48.9 Å². The van der Waals surface area contributed by atoms with Crippen molar-refractivity contribution in [3.63, 3.8) is 0 Å². The number of ether oxygens (including phenoxy) is 1. The molecule has 3 rings (SSSR count). The molecule has 1 aliphatic rings. The van der Waals surface area contributed by atoms with Crippen molar-refractivity contribution in [3.05, 3.63) is 47.7 Å². The van der Waals surface area contributed by atoms with E-state index in [0.29, 0.717) is 11.5 Å². The van der Waals surface area contributed by atoms with Crippen molar-refractivity contribution < 1.29 is 19.1 Å². The number of benzene rings is 1. The number of esters is 1. The van der Waals surface area contributed by atoms with Crippen molar-refractivity contribution in [2.24, 2.45) is 5.92 Å². The first-order valence-corrected chi connectivity index (χ1v) is 8.97. The first kappa shape index (κ1) is 18.7. The molecule has 0 saturated heterocycles. The van der Waals surface area contributed by atoms with Crippen LogP contribution in [-0.4, -0.2) is 36.0 Å². The largest absolute Gasteiger partial charge is 0.452 e. The molecule has 0 fully saturated rings. The van der Waals surface area contributed by atoms with Crippen molar-refractivity contribution >= 4 is 28.8 Å². The average Bonchev–Trinajstić information content (AvgIpc) is 3.01. The van der Waals surface area contributed by atoms with E-state index in [9.17, 15) is 14.4 Å². The number of imide groups is 1. The molecule has 0 saturated carbocycles. The molecule has 27 heavy (non-hydrogen) atoms. The number of hydrogen-bond acceptors (Lipinski definition) is 4. The maximum absolute atomic E-state index is 12.3. The van der Waals surface area contributed by atoms with Gasteiger partial charge in [-0.3, -0.25) is 10.1 Å². The fraction of sp³-hybridized carbons (Fsp3) is 0.350. The van der Waals surface area contributed by atoms with E-state index in [4.69, 9.17) is 4.74 Å². The van der Waals surface area contributed by atoms with Crippen molar-refractivity contribution in [2.45, 2.75) is 26.2 Å². The van der Waals surface area contributed by atoms with E-state index < -0.39 is 24.5 Å². The van der Waals surface area contributed by atoms with Crippen LogP contribution in [0.1, 0.15) is 35.0 Å². The summed E-state index contributed by atoms with van der Waals surface area (Å²) < 4.78 is 5.02. The molecule has 7 heteroatoms. The van der Waals surface area contributed by atoms with Gasteiger partial charge in [-0.2, -0.15) is 0 Å². The Bertz CT molecular complexity index is 900. The van der Waals surface area contributed by atoms with Crippen molar-refractivity contribution in [2.75, 3.05) is 13.2 Å². The molecule has 7 nitrogen and oxygen atoms in total. The van der Waals surface area contributed by atoms with E-state index in [0.717, 1.165) is 30.2 Å². The number of rotatable bonds is 5. The average molecular weight is 369 g/mol. The maximum atomic E-state index is 12.3. The van der Waals surface area contributed by atoms with E-state index in [-0.39, 0.29) is 6.54 Å². The SMILES string of the molecule is C=CCNC(=O)NC(=O)COC(=O)c1ccc2[nH]c3c(c2c1)C[C@H](C)CC3. The smallest absolute Gasteiger partial charge is 0.338 e. The van der Waals surface area contributed by atoms with Gasteiger partial charge in [0.25, 0.3) is 5.91 Å².